The molecule has 0 bridgehead atoms. The minimum Gasteiger partial charge on any atom is -0.355 e. The number of benzene rings is 1. The number of rotatable bonds is 10. The smallest absolute Gasteiger partial charge is 0.234 e. The summed E-state index contributed by atoms with van der Waals surface area (Å²) in [6.45, 7) is 7.62. The highest BCUT2D eigenvalue weighted by Gasteiger charge is 2.08. The number of carbonyl (C=O) groups excluding carboxylic acids is 1. The molecule has 0 heterocycles. The number of hydrogen-bond acceptors (Lipinski definition) is 2. The average molecular weight is 276 g/mol. The van der Waals surface area contributed by atoms with Crippen LogP contribution in [-0.4, -0.2) is 37.0 Å². The Hall–Kier alpha value is -1.35. The van der Waals surface area contributed by atoms with E-state index in [0.29, 0.717) is 6.54 Å². The zero-order chi connectivity index (χ0) is 14.6. The van der Waals surface area contributed by atoms with E-state index in [1.807, 2.05) is 6.07 Å². The Bertz CT molecular complexity index is 359. The third-order valence-electron chi connectivity index (χ3n) is 3.25. The molecule has 0 aromatic heterocycles. The van der Waals surface area contributed by atoms with Crippen LogP contribution in [0.3, 0.4) is 0 Å². The second kappa shape index (κ2) is 10.4. The van der Waals surface area contributed by atoms with Crippen molar-refractivity contribution in [3.63, 3.8) is 0 Å². The number of nitrogens with zero attached hydrogens (tertiary/aromatic N) is 1. The molecular formula is C17H28N2O. The van der Waals surface area contributed by atoms with Gasteiger partial charge in [-0.2, -0.15) is 0 Å². The Morgan fingerprint density at radius 2 is 1.75 bits per heavy atom. The van der Waals surface area contributed by atoms with E-state index in [4.69, 9.17) is 0 Å². The van der Waals surface area contributed by atoms with Crippen LogP contribution in [0.1, 0.15) is 38.7 Å². The second-order valence-corrected chi connectivity index (χ2v) is 5.22. The maximum atomic E-state index is 11.9. The molecule has 0 aliphatic rings. The summed E-state index contributed by atoms with van der Waals surface area (Å²) in [5.74, 6) is 0.153. The van der Waals surface area contributed by atoms with Crippen LogP contribution in [-0.2, 0) is 11.2 Å². The maximum absolute atomic E-state index is 11.9. The van der Waals surface area contributed by atoms with Gasteiger partial charge in [-0.1, -0.05) is 44.2 Å². The van der Waals surface area contributed by atoms with Crippen LogP contribution in [0.5, 0.6) is 0 Å². The van der Waals surface area contributed by atoms with Crippen molar-refractivity contribution in [2.45, 2.75) is 39.5 Å². The fraction of sp³-hybridized carbons (Fsp3) is 0.588. The number of amides is 1. The molecule has 0 radical (unpaired) electrons. The summed E-state index contributed by atoms with van der Waals surface area (Å²) >= 11 is 0. The van der Waals surface area contributed by atoms with Crippen molar-refractivity contribution in [1.82, 2.24) is 10.2 Å². The first-order valence-electron chi connectivity index (χ1n) is 7.79. The van der Waals surface area contributed by atoms with E-state index in [-0.39, 0.29) is 5.91 Å². The SMILES string of the molecule is CCCN(CCC)CC(=O)NCCCc1ccccc1. The van der Waals surface area contributed by atoms with E-state index in [9.17, 15) is 4.79 Å². The molecular weight excluding hydrogens is 248 g/mol. The normalized spacial score (nSPS) is 10.8. The predicted molar refractivity (Wildman–Crippen MR) is 84.8 cm³/mol. The summed E-state index contributed by atoms with van der Waals surface area (Å²) in [5, 5.41) is 3.02. The minimum absolute atomic E-state index is 0.153. The molecule has 0 aliphatic carbocycles. The van der Waals surface area contributed by atoms with Gasteiger partial charge in [0.2, 0.25) is 5.91 Å². The van der Waals surface area contributed by atoms with Crippen LogP contribution in [0.15, 0.2) is 30.3 Å². The zero-order valence-electron chi connectivity index (χ0n) is 12.9. The summed E-state index contributed by atoms with van der Waals surface area (Å²) < 4.78 is 0. The summed E-state index contributed by atoms with van der Waals surface area (Å²) in [6.07, 6.45) is 4.22. The molecule has 0 unspecified atom stereocenters. The molecule has 1 aromatic rings. The van der Waals surface area contributed by atoms with Gasteiger partial charge in [-0.3, -0.25) is 9.69 Å². The van der Waals surface area contributed by atoms with Gasteiger partial charge < -0.3 is 5.32 Å². The molecule has 112 valence electrons. The molecule has 0 saturated carbocycles. The summed E-state index contributed by atoms with van der Waals surface area (Å²) in [7, 11) is 0. The van der Waals surface area contributed by atoms with Gasteiger partial charge in [0.05, 0.1) is 6.54 Å². The van der Waals surface area contributed by atoms with E-state index >= 15 is 0 Å². The molecule has 0 fully saturated rings. The van der Waals surface area contributed by atoms with Crippen LogP contribution in [0.2, 0.25) is 0 Å². The first-order valence-corrected chi connectivity index (χ1v) is 7.79. The monoisotopic (exact) mass is 276 g/mol. The third kappa shape index (κ3) is 7.29. The molecule has 3 heteroatoms. The molecule has 0 aliphatic heterocycles. The van der Waals surface area contributed by atoms with E-state index in [1.165, 1.54) is 5.56 Å². The van der Waals surface area contributed by atoms with Gasteiger partial charge in [0, 0.05) is 6.54 Å². The van der Waals surface area contributed by atoms with Crippen LogP contribution >= 0.6 is 0 Å². The van der Waals surface area contributed by atoms with Crippen LogP contribution in [0.25, 0.3) is 0 Å². The lowest BCUT2D eigenvalue weighted by Gasteiger charge is -2.20. The molecule has 3 nitrogen and oxygen atoms in total. The molecule has 1 rings (SSSR count). The molecule has 0 spiro atoms. The highest BCUT2D eigenvalue weighted by atomic mass is 16.2. The number of nitrogens with one attached hydrogen (secondary N) is 1. The number of carbonyl (C=O) groups is 1. The van der Waals surface area contributed by atoms with Crippen molar-refractivity contribution in [2.24, 2.45) is 0 Å². The van der Waals surface area contributed by atoms with E-state index in [2.05, 4.69) is 48.3 Å². The lowest BCUT2D eigenvalue weighted by Crippen LogP contribution is -2.38. The average Bonchev–Trinajstić information content (AvgIpc) is 2.45. The van der Waals surface area contributed by atoms with Crippen molar-refractivity contribution >= 4 is 5.91 Å². The fourth-order valence-electron chi connectivity index (χ4n) is 2.33. The van der Waals surface area contributed by atoms with Crippen molar-refractivity contribution in [2.75, 3.05) is 26.2 Å². The van der Waals surface area contributed by atoms with Gasteiger partial charge in [-0.15, -0.1) is 0 Å². The van der Waals surface area contributed by atoms with Crippen molar-refractivity contribution in [1.29, 1.82) is 0 Å². The van der Waals surface area contributed by atoms with Gasteiger partial charge in [0.15, 0.2) is 0 Å². The van der Waals surface area contributed by atoms with Crippen LogP contribution in [0.4, 0.5) is 0 Å². The Kier molecular flexibility index (Phi) is 8.72. The summed E-state index contributed by atoms with van der Waals surface area (Å²) in [5.41, 5.74) is 1.33. The Balaban J connectivity index is 2.15. The standard InChI is InChI=1S/C17H28N2O/c1-3-13-19(14-4-2)15-17(20)18-12-8-11-16-9-6-5-7-10-16/h5-7,9-10H,3-4,8,11-15H2,1-2H3,(H,18,20). The molecule has 1 N–H and O–H groups in total. The molecule has 20 heavy (non-hydrogen) atoms. The van der Waals surface area contributed by atoms with Crippen LogP contribution < -0.4 is 5.32 Å². The Morgan fingerprint density at radius 1 is 1.10 bits per heavy atom. The predicted octanol–water partition coefficient (Wildman–Crippen LogP) is 2.86. The molecule has 0 atom stereocenters. The second-order valence-electron chi connectivity index (χ2n) is 5.22. The Labute approximate surface area is 123 Å². The van der Waals surface area contributed by atoms with Gasteiger partial charge in [0.25, 0.3) is 0 Å². The summed E-state index contributed by atoms with van der Waals surface area (Å²) in [4.78, 5) is 14.1. The first kappa shape index (κ1) is 16.7. The van der Waals surface area contributed by atoms with E-state index < -0.39 is 0 Å². The quantitative estimate of drug-likeness (QED) is 0.666. The van der Waals surface area contributed by atoms with Crippen molar-refractivity contribution in [3.8, 4) is 0 Å². The molecule has 0 saturated heterocycles. The van der Waals surface area contributed by atoms with Gasteiger partial charge in [-0.05, 0) is 44.3 Å². The Morgan fingerprint density at radius 3 is 2.35 bits per heavy atom. The van der Waals surface area contributed by atoms with E-state index in [1.54, 1.807) is 0 Å². The highest BCUT2D eigenvalue weighted by molar-refractivity contribution is 5.77. The number of hydrogen-bond donors (Lipinski definition) is 1. The number of aryl methyl sites for hydroxylation is 1. The highest BCUT2D eigenvalue weighted by Crippen LogP contribution is 2.01. The van der Waals surface area contributed by atoms with Gasteiger partial charge >= 0.3 is 0 Å². The first-order chi connectivity index (χ1) is 9.76. The van der Waals surface area contributed by atoms with Gasteiger partial charge in [0.1, 0.15) is 0 Å². The van der Waals surface area contributed by atoms with Gasteiger partial charge in [-0.25, -0.2) is 0 Å². The molecule has 1 amide bonds. The molecule has 1 aromatic carbocycles. The topological polar surface area (TPSA) is 32.3 Å². The summed E-state index contributed by atoms with van der Waals surface area (Å²) in [6, 6.07) is 10.4. The third-order valence-corrected chi connectivity index (χ3v) is 3.25. The fourth-order valence-corrected chi connectivity index (χ4v) is 2.33. The lowest BCUT2D eigenvalue weighted by molar-refractivity contribution is -0.122. The zero-order valence-corrected chi connectivity index (χ0v) is 12.9. The lowest BCUT2D eigenvalue weighted by atomic mass is 10.1. The minimum atomic E-state index is 0.153. The van der Waals surface area contributed by atoms with E-state index in [0.717, 1.165) is 45.3 Å². The largest absolute Gasteiger partial charge is 0.355 e. The van der Waals surface area contributed by atoms with Crippen LogP contribution in [0, 0.1) is 0 Å². The van der Waals surface area contributed by atoms with Crippen molar-refractivity contribution in [3.05, 3.63) is 35.9 Å². The maximum Gasteiger partial charge on any atom is 0.234 e. The van der Waals surface area contributed by atoms with Crippen molar-refractivity contribution < 1.29 is 4.79 Å².